The van der Waals surface area contributed by atoms with Crippen molar-refractivity contribution in [3.8, 4) is 0 Å². The lowest BCUT2D eigenvalue weighted by Gasteiger charge is -2.50. The summed E-state index contributed by atoms with van der Waals surface area (Å²) >= 11 is 0. The van der Waals surface area contributed by atoms with Gasteiger partial charge in [0, 0.05) is 43.7 Å². The number of likely N-dealkylation sites (tertiary alicyclic amines) is 1. The fourth-order valence-electron chi connectivity index (χ4n) is 5.05. The molecule has 2 saturated heterocycles. The second-order valence-corrected chi connectivity index (χ2v) is 8.58. The van der Waals surface area contributed by atoms with E-state index in [-0.39, 0.29) is 23.4 Å². The average molecular weight is 372 g/mol. The van der Waals surface area contributed by atoms with Crippen LogP contribution in [0, 0.1) is 5.92 Å². The summed E-state index contributed by atoms with van der Waals surface area (Å²) in [6, 6.07) is 0.164. The van der Waals surface area contributed by atoms with Crippen LogP contribution in [0.25, 0.3) is 0 Å². The highest BCUT2D eigenvalue weighted by molar-refractivity contribution is 5.83. The summed E-state index contributed by atoms with van der Waals surface area (Å²) in [6.45, 7) is 4.18. The van der Waals surface area contributed by atoms with Gasteiger partial charge >= 0.3 is 0 Å². The number of carbonyl (C=O) groups excluding carboxylic acids is 2. The molecule has 0 radical (unpaired) electrons. The number of H-pyrrole nitrogens is 1. The molecule has 8 heteroatoms. The van der Waals surface area contributed by atoms with Crippen LogP contribution < -0.4 is 10.9 Å². The van der Waals surface area contributed by atoms with Crippen LogP contribution in [0.1, 0.15) is 50.4 Å². The van der Waals surface area contributed by atoms with Crippen molar-refractivity contribution in [2.75, 3.05) is 19.6 Å². The molecule has 27 heavy (non-hydrogen) atoms. The van der Waals surface area contributed by atoms with Crippen LogP contribution in [0.3, 0.4) is 0 Å². The van der Waals surface area contributed by atoms with Crippen molar-refractivity contribution in [3.05, 3.63) is 17.7 Å². The predicted octanol–water partition coefficient (Wildman–Crippen LogP) is 0.277. The second kappa shape index (κ2) is 6.31. The van der Waals surface area contributed by atoms with Crippen LogP contribution >= 0.6 is 0 Å². The lowest BCUT2D eigenvalue weighted by atomic mass is 9.78. The van der Waals surface area contributed by atoms with Gasteiger partial charge in [0.2, 0.25) is 11.8 Å². The summed E-state index contributed by atoms with van der Waals surface area (Å²) in [6.07, 6.45) is 6.98. The van der Waals surface area contributed by atoms with Gasteiger partial charge in [0.25, 0.3) is 0 Å². The normalized spacial score (nSPS) is 29.8. The Labute approximate surface area is 159 Å². The minimum absolute atomic E-state index is 0.148. The van der Waals surface area contributed by atoms with Gasteiger partial charge in [-0.3, -0.25) is 15.0 Å². The van der Waals surface area contributed by atoms with Crippen molar-refractivity contribution >= 4 is 11.8 Å². The van der Waals surface area contributed by atoms with E-state index in [0.717, 1.165) is 56.5 Å². The molecule has 2 amide bonds. The summed E-state index contributed by atoms with van der Waals surface area (Å²) in [4.78, 5) is 37.8. The van der Waals surface area contributed by atoms with Crippen LogP contribution in [0.4, 0.5) is 0 Å². The molecule has 1 spiro atoms. The minimum Gasteiger partial charge on any atom is -0.348 e. The van der Waals surface area contributed by atoms with Crippen LogP contribution in [0.15, 0.2) is 6.33 Å². The zero-order chi connectivity index (χ0) is 18.6. The fourth-order valence-corrected chi connectivity index (χ4v) is 5.05. The van der Waals surface area contributed by atoms with Gasteiger partial charge in [-0.2, -0.15) is 0 Å². The lowest BCUT2D eigenvalue weighted by molar-refractivity contribution is -0.146. The topological polar surface area (TPSA) is 93.4 Å². The first kappa shape index (κ1) is 17.2. The van der Waals surface area contributed by atoms with E-state index in [9.17, 15) is 9.59 Å². The Balaban J connectivity index is 1.37. The van der Waals surface area contributed by atoms with Crippen molar-refractivity contribution in [3.63, 3.8) is 0 Å². The van der Waals surface area contributed by atoms with E-state index in [1.165, 1.54) is 0 Å². The second-order valence-electron chi connectivity index (χ2n) is 8.58. The molecule has 3 aliphatic heterocycles. The van der Waals surface area contributed by atoms with Crippen LogP contribution in [0.5, 0.6) is 0 Å². The zero-order valence-electron chi connectivity index (χ0n) is 15.8. The van der Waals surface area contributed by atoms with Gasteiger partial charge in [-0.05, 0) is 39.0 Å². The van der Waals surface area contributed by atoms with E-state index in [4.69, 9.17) is 0 Å². The van der Waals surface area contributed by atoms with Crippen molar-refractivity contribution in [1.29, 1.82) is 0 Å². The SMILES string of the molecule is CC1CC(C(=O)N2CCC3(CC2)c2nc[nH]c2CCN3C(=O)C2CC2)NN1. The van der Waals surface area contributed by atoms with Crippen LogP contribution in [-0.2, 0) is 21.5 Å². The van der Waals surface area contributed by atoms with E-state index >= 15 is 0 Å². The quantitative estimate of drug-likeness (QED) is 0.693. The van der Waals surface area contributed by atoms with Gasteiger partial charge in [-0.15, -0.1) is 0 Å². The molecule has 4 aliphatic rings. The minimum atomic E-state index is -0.349. The highest BCUT2D eigenvalue weighted by atomic mass is 16.2. The number of carbonyl (C=O) groups is 2. The Morgan fingerprint density at radius 1 is 1.15 bits per heavy atom. The average Bonchev–Trinajstić information content (AvgIpc) is 3.25. The van der Waals surface area contributed by atoms with E-state index in [0.29, 0.717) is 25.0 Å². The number of nitrogens with one attached hydrogen (secondary N) is 3. The van der Waals surface area contributed by atoms with E-state index in [1.807, 2.05) is 4.90 Å². The molecule has 1 aromatic heterocycles. The fraction of sp³-hybridized carbons (Fsp3) is 0.737. The summed E-state index contributed by atoms with van der Waals surface area (Å²) in [7, 11) is 0. The number of rotatable bonds is 2. The number of aromatic nitrogens is 2. The molecular formula is C19H28N6O2. The lowest BCUT2D eigenvalue weighted by Crippen LogP contribution is -2.60. The molecule has 0 aromatic carbocycles. The monoisotopic (exact) mass is 372 g/mol. The number of nitrogens with zero attached hydrogens (tertiary/aromatic N) is 3. The number of piperidine rings is 1. The molecule has 2 atom stereocenters. The molecule has 2 unspecified atom stereocenters. The largest absolute Gasteiger partial charge is 0.348 e. The van der Waals surface area contributed by atoms with Crippen molar-refractivity contribution < 1.29 is 9.59 Å². The highest BCUT2D eigenvalue weighted by Crippen LogP contribution is 2.45. The summed E-state index contributed by atoms with van der Waals surface area (Å²) < 4.78 is 0. The molecule has 4 heterocycles. The zero-order valence-corrected chi connectivity index (χ0v) is 15.8. The molecule has 1 saturated carbocycles. The first-order valence-corrected chi connectivity index (χ1v) is 10.2. The highest BCUT2D eigenvalue weighted by Gasteiger charge is 2.51. The molecular weight excluding hydrogens is 344 g/mol. The number of fused-ring (bicyclic) bond motifs is 2. The number of hydrogen-bond donors (Lipinski definition) is 3. The Kier molecular flexibility index (Phi) is 4.01. The number of hydrazine groups is 1. The molecule has 3 fully saturated rings. The Morgan fingerprint density at radius 3 is 2.59 bits per heavy atom. The van der Waals surface area contributed by atoms with Crippen molar-refractivity contribution in [2.24, 2.45) is 5.92 Å². The van der Waals surface area contributed by atoms with Crippen molar-refractivity contribution in [1.82, 2.24) is 30.6 Å². The Morgan fingerprint density at radius 2 is 1.93 bits per heavy atom. The molecule has 8 nitrogen and oxygen atoms in total. The predicted molar refractivity (Wildman–Crippen MR) is 98.4 cm³/mol. The third-order valence-corrected chi connectivity index (χ3v) is 6.75. The maximum absolute atomic E-state index is 13.0. The van der Waals surface area contributed by atoms with Gasteiger partial charge in [0.15, 0.2) is 0 Å². The standard InChI is InChI=1S/C19H28N6O2/c1-12-10-15(23-22-12)18(27)24-8-5-19(6-9-24)16-14(20-11-21-16)4-7-25(19)17(26)13-2-3-13/h11-13,15,22-23H,2-10H2,1H3,(H,20,21). The Bertz CT molecular complexity index is 749. The molecule has 0 bridgehead atoms. The van der Waals surface area contributed by atoms with E-state index in [2.05, 4.69) is 32.6 Å². The van der Waals surface area contributed by atoms with Gasteiger partial charge in [-0.1, -0.05) is 0 Å². The number of imidazole rings is 1. The third kappa shape index (κ3) is 2.77. The molecule has 1 aliphatic carbocycles. The van der Waals surface area contributed by atoms with Gasteiger partial charge in [0.05, 0.1) is 17.6 Å². The molecule has 3 N–H and O–H groups in total. The number of amides is 2. The summed E-state index contributed by atoms with van der Waals surface area (Å²) in [5.41, 5.74) is 8.09. The summed E-state index contributed by atoms with van der Waals surface area (Å²) in [5.74, 6) is 0.663. The van der Waals surface area contributed by atoms with Crippen LogP contribution in [-0.4, -0.2) is 63.3 Å². The smallest absolute Gasteiger partial charge is 0.241 e. The molecule has 146 valence electrons. The number of hydrogen-bond acceptors (Lipinski definition) is 5. The molecule has 1 aromatic rings. The van der Waals surface area contributed by atoms with E-state index < -0.39 is 0 Å². The summed E-state index contributed by atoms with van der Waals surface area (Å²) in [5, 5.41) is 0. The van der Waals surface area contributed by atoms with Gasteiger partial charge in [-0.25, -0.2) is 10.4 Å². The third-order valence-electron chi connectivity index (χ3n) is 6.75. The van der Waals surface area contributed by atoms with Crippen LogP contribution in [0.2, 0.25) is 0 Å². The number of aromatic amines is 1. The first-order chi connectivity index (χ1) is 13.1. The first-order valence-electron chi connectivity index (χ1n) is 10.2. The molecule has 5 rings (SSSR count). The maximum Gasteiger partial charge on any atom is 0.241 e. The van der Waals surface area contributed by atoms with E-state index in [1.54, 1.807) is 6.33 Å². The van der Waals surface area contributed by atoms with Crippen molar-refractivity contribution in [2.45, 2.75) is 63.1 Å². The van der Waals surface area contributed by atoms with Gasteiger partial charge < -0.3 is 14.8 Å². The van der Waals surface area contributed by atoms with Gasteiger partial charge in [0.1, 0.15) is 6.04 Å². The maximum atomic E-state index is 13.0. The Hall–Kier alpha value is -1.93.